The molecule has 1 saturated carbocycles. The Hall–Kier alpha value is -0.610. The molecule has 1 unspecified atom stereocenters. The predicted octanol–water partition coefficient (Wildman–Crippen LogP) is 2.90. The van der Waals surface area contributed by atoms with Gasteiger partial charge >= 0.3 is 5.97 Å². The molecule has 2 rings (SSSR count). The van der Waals surface area contributed by atoms with Crippen LogP contribution in [0.3, 0.4) is 0 Å². The zero-order chi connectivity index (χ0) is 15.3. The van der Waals surface area contributed by atoms with Crippen LogP contribution in [0.2, 0.25) is 0 Å². The Morgan fingerprint density at radius 2 is 1.81 bits per heavy atom. The Kier molecular flexibility index (Phi) is 6.06. The number of ether oxygens (including phenoxy) is 2. The highest BCUT2D eigenvalue weighted by Gasteiger charge is 2.31. The minimum absolute atomic E-state index is 0.101. The molecule has 2 aliphatic rings. The largest absolute Gasteiger partial charge is 0.461 e. The van der Waals surface area contributed by atoms with Gasteiger partial charge in [0.1, 0.15) is 12.7 Å². The van der Waals surface area contributed by atoms with E-state index in [1.165, 1.54) is 0 Å². The molecule has 0 aromatic rings. The van der Waals surface area contributed by atoms with Gasteiger partial charge in [0, 0.05) is 6.54 Å². The van der Waals surface area contributed by atoms with E-state index in [9.17, 15) is 4.79 Å². The van der Waals surface area contributed by atoms with Crippen LogP contribution in [0.15, 0.2) is 0 Å². The van der Waals surface area contributed by atoms with Crippen molar-refractivity contribution in [1.29, 1.82) is 0 Å². The average Bonchev–Trinajstić information content (AvgIpc) is 2.46. The molecule has 0 amide bonds. The van der Waals surface area contributed by atoms with Crippen molar-refractivity contribution in [2.24, 2.45) is 11.3 Å². The van der Waals surface area contributed by atoms with Gasteiger partial charge in [-0.1, -0.05) is 20.8 Å². The summed E-state index contributed by atoms with van der Waals surface area (Å²) in [4.78, 5) is 11.9. The number of esters is 1. The van der Waals surface area contributed by atoms with Crippen LogP contribution in [-0.4, -0.2) is 37.9 Å². The Bertz CT molecular complexity index is 323. The molecule has 1 N–H and O–H groups in total. The first-order valence-corrected chi connectivity index (χ1v) is 8.47. The molecule has 0 radical (unpaired) electrons. The number of piperidine rings is 1. The fourth-order valence-electron chi connectivity index (χ4n) is 3.41. The lowest BCUT2D eigenvalue weighted by atomic mass is 9.72. The molecule has 0 aromatic heterocycles. The van der Waals surface area contributed by atoms with Crippen LogP contribution >= 0.6 is 0 Å². The summed E-state index contributed by atoms with van der Waals surface area (Å²) in [5, 5.41) is 3.28. The highest BCUT2D eigenvalue weighted by molar-refractivity contribution is 5.70. The van der Waals surface area contributed by atoms with E-state index in [0.717, 1.165) is 57.5 Å². The van der Waals surface area contributed by atoms with Crippen LogP contribution in [-0.2, 0) is 14.3 Å². The van der Waals surface area contributed by atoms with Crippen molar-refractivity contribution in [3.63, 3.8) is 0 Å². The fraction of sp³-hybridized carbons (Fsp3) is 0.941. The van der Waals surface area contributed by atoms with Crippen molar-refractivity contribution in [3.8, 4) is 0 Å². The van der Waals surface area contributed by atoms with Crippen molar-refractivity contribution in [1.82, 2.24) is 5.32 Å². The zero-order valence-corrected chi connectivity index (χ0v) is 13.8. The van der Waals surface area contributed by atoms with Crippen molar-refractivity contribution in [2.45, 2.75) is 71.5 Å². The van der Waals surface area contributed by atoms with Crippen molar-refractivity contribution < 1.29 is 14.3 Å². The molecule has 0 bridgehead atoms. The number of carbonyl (C=O) groups is 1. The summed E-state index contributed by atoms with van der Waals surface area (Å²) in [7, 11) is 0. The molecule has 1 heterocycles. The van der Waals surface area contributed by atoms with E-state index < -0.39 is 0 Å². The number of carbonyl (C=O) groups excluding carboxylic acids is 1. The quantitative estimate of drug-likeness (QED) is 0.811. The summed E-state index contributed by atoms with van der Waals surface area (Å²) in [6.07, 6.45) is 6.75. The number of nitrogens with one attached hydrogen (secondary N) is 1. The van der Waals surface area contributed by atoms with E-state index >= 15 is 0 Å². The molecule has 122 valence electrons. The fourth-order valence-corrected chi connectivity index (χ4v) is 3.41. The zero-order valence-electron chi connectivity index (χ0n) is 13.8. The molecule has 1 saturated heterocycles. The van der Waals surface area contributed by atoms with Gasteiger partial charge in [-0.25, -0.2) is 4.79 Å². The second kappa shape index (κ2) is 7.59. The van der Waals surface area contributed by atoms with E-state index in [1.54, 1.807) is 0 Å². The molecule has 4 heteroatoms. The van der Waals surface area contributed by atoms with Crippen molar-refractivity contribution in [2.75, 3.05) is 19.7 Å². The smallest absolute Gasteiger partial charge is 0.332 e. The monoisotopic (exact) mass is 297 g/mol. The van der Waals surface area contributed by atoms with Crippen LogP contribution in [0.4, 0.5) is 0 Å². The molecule has 1 aliphatic heterocycles. The van der Waals surface area contributed by atoms with Crippen molar-refractivity contribution in [3.05, 3.63) is 0 Å². The maximum absolute atomic E-state index is 11.9. The second-order valence-corrected chi connectivity index (χ2v) is 7.61. The van der Waals surface area contributed by atoms with Gasteiger partial charge in [-0.15, -0.1) is 0 Å². The molecule has 1 aliphatic carbocycles. The Balaban J connectivity index is 1.62. The van der Waals surface area contributed by atoms with Gasteiger partial charge in [0.15, 0.2) is 0 Å². The van der Waals surface area contributed by atoms with Gasteiger partial charge in [-0.05, 0) is 56.4 Å². The summed E-state index contributed by atoms with van der Waals surface area (Å²) in [5.41, 5.74) is 0.367. The second-order valence-electron chi connectivity index (χ2n) is 7.61. The van der Waals surface area contributed by atoms with Gasteiger partial charge in [-0.3, -0.25) is 0 Å². The summed E-state index contributed by atoms with van der Waals surface area (Å²) >= 11 is 0. The molecular formula is C17H31NO3. The number of rotatable bonds is 4. The predicted molar refractivity (Wildman–Crippen MR) is 83.1 cm³/mol. The van der Waals surface area contributed by atoms with Crippen LogP contribution in [0.25, 0.3) is 0 Å². The topological polar surface area (TPSA) is 47.6 Å². The molecule has 0 aromatic carbocycles. The van der Waals surface area contributed by atoms with Crippen LogP contribution in [0.1, 0.15) is 59.3 Å². The first-order chi connectivity index (χ1) is 9.95. The van der Waals surface area contributed by atoms with E-state index in [0.29, 0.717) is 5.41 Å². The van der Waals surface area contributed by atoms with Gasteiger partial charge < -0.3 is 14.8 Å². The van der Waals surface area contributed by atoms with Crippen LogP contribution in [0, 0.1) is 11.3 Å². The summed E-state index contributed by atoms with van der Waals surface area (Å²) in [6, 6.07) is 0. The Morgan fingerprint density at radius 3 is 2.38 bits per heavy atom. The normalized spacial score (nSPS) is 30.9. The lowest BCUT2D eigenvalue weighted by Crippen LogP contribution is -2.37. The minimum atomic E-state index is -0.195. The standard InChI is InChI=1S/C17H31NO3/c1-17(2,3)13-6-8-14(9-7-13)21-16(19)12-20-15-5-4-10-18-11-15/h13-15,18H,4-12H2,1-3H3. The molecule has 2 fully saturated rings. The first kappa shape index (κ1) is 16.8. The van der Waals surface area contributed by atoms with E-state index in [-0.39, 0.29) is 24.8 Å². The number of hydrogen-bond acceptors (Lipinski definition) is 4. The first-order valence-electron chi connectivity index (χ1n) is 8.47. The van der Waals surface area contributed by atoms with Gasteiger partial charge in [0.05, 0.1) is 6.10 Å². The van der Waals surface area contributed by atoms with Crippen LogP contribution < -0.4 is 5.32 Å². The van der Waals surface area contributed by atoms with E-state index in [1.807, 2.05) is 0 Å². The lowest BCUT2D eigenvalue weighted by Gasteiger charge is -2.36. The Morgan fingerprint density at radius 1 is 1.10 bits per heavy atom. The Labute approximate surface area is 129 Å². The summed E-state index contributed by atoms with van der Waals surface area (Å²) in [6.45, 7) is 8.92. The van der Waals surface area contributed by atoms with Gasteiger partial charge in [0.25, 0.3) is 0 Å². The lowest BCUT2D eigenvalue weighted by molar-refractivity contribution is -0.159. The van der Waals surface area contributed by atoms with Gasteiger partial charge in [0.2, 0.25) is 0 Å². The molecular weight excluding hydrogens is 266 g/mol. The summed E-state index contributed by atoms with van der Waals surface area (Å²) < 4.78 is 11.2. The van der Waals surface area contributed by atoms with Gasteiger partial charge in [-0.2, -0.15) is 0 Å². The van der Waals surface area contributed by atoms with Crippen molar-refractivity contribution >= 4 is 5.97 Å². The highest BCUT2D eigenvalue weighted by Crippen LogP contribution is 2.38. The third kappa shape index (κ3) is 5.59. The highest BCUT2D eigenvalue weighted by atomic mass is 16.6. The molecule has 0 spiro atoms. The maximum Gasteiger partial charge on any atom is 0.332 e. The third-order valence-electron chi connectivity index (χ3n) is 4.89. The SMILES string of the molecule is CC(C)(C)C1CCC(OC(=O)COC2CCCNC2)CC1. The molecule has 4 nitrogen and oxygen atoms in total. The maximum atomic E-state index is 11.9. The minimum Gasteiger partial charge on any atom is -0.461 e. The molecule has 21 heavy (non-hydrogen) atoms. The average molecular weight is 297 g/mol. The van der Waals surface area contributed by atoms with E-state index in [4.69, 9.17) is 9.47 Å². The third-order valence-corrected chi connectivity index (χ3v) is 4.89. The van der Waals surface area contributed by atoms with E-state index in [2.05, 4.69) is 26.1 Å². The summed E-state index contributed by atoms with van der Waals surface area (Å²) in [5.74, 6) is 0.553. The van der Waals surface area contributed by atoms with Crippen LogP contribution in [0.5, 0.6) is 0 Å². The molecule has 1 atom stereocenters. The number of hydrogen-bond donors (Lipinski definition) is 1.